The third-order valence-electron chi connectivity index (χ3n) is 2.86. The van der Waals surface area contributed by atoms with Gasteiger partial charge in [-0.25, -0.2) is 4.79 Å². The molecule has 0 aliphatic carbocycles. The molecule has 2 amide bonds. The van der Waals surface area contributed by atoms with E-state index in [4.69, 9.17) is 4.74 Å². The number of likely N-dealkylation sites (N-methyl/N-ethyl adjacent to an activating group) is 1. The molecule has 0 fully saturated rings. The lowest BCUT2D eigenvalue weighted by Gasteiger charge is -2.15. The lowest BCUT2D eigenvalue weighted by Crippen LogP contribution is -2.40. The standard InChI is InChI=1S/C14H17N3O6/c1-9(14(20)23-8-12(18)16(2)3)15-13(19)10-5-4-6-11(7-10)17(21)22/h4-7,9H,8H2,1-3H3,(H,15,19)/t9-/m0/s1. The van der Waals surface area contributed by atoms with E-state index >= 15 is 0 Å². The third-order valence-corrected chi connectivity index (χ3v) is 2.86. The molecule has 1 N–H and O–H groups in total. The molecule has 0 spiro atoms. The zero-order valence-corrected chi connectivity index (χ0v) is 12.9. The minimum Gasteiger partial charge on any atom is -0.454 e. The summed E-state index contributed by atoms with van der Waals surface area (Å²) in [5, 5.41) is 13.0. The van der Waals surface area contributed by atoms with Crippen molar-refractivity contribution in [3.63, 3.8) is 0 Å². The molecule has 0 unspecified atom stereocenters. The topological polar surface area (TPSA) is 119 Å². The highest BCUT2D eigenvalue weighted by Crippen LogP contribution is 2.13. The highest BCUT2D eigenvalue weighted by molar-refractivity contribution is 5.97. The van der Waals surface area contributed by atoms with Crippen LogP contribution in [0.15, 0.2) is 24.3 Å². The number of rotatable bonds is 6. The average molecular weight is 323 g/mol. The average Bonchev–Trinajstić information content (AvgIpc) is 2.51. The molecule has 0 aliphatic heterocycles. The first kappa shape index (κ1) is 18.1. The largest absolute Gasteiger partial charge is 0.454 e. The Labute approximate surface area is 132 Å². The third kappa shape index (κ3) is 5.38. The van der Waals surface area contributed by atoms with Gasteiger partial charge in [-0.3, -0.25) is 19.7 Å². The van der Waals surface area contributed by atoms with Crippen LogP contribution in [-0.2, 0) is 14.3 Å². The van der Waals surface area contributed by atoms with Gasteiger partial charge in [-0.2, -0.15) is 0 Å². The van der Waals surface area contributed by atoms with Crippen LogP contribution >= 0.6 is 0 Å². The Morgan fingerprint density at radius 3 is 2.57 bits per heavy atom. The fourth-order valence-corrected chi connectivity index (χ4v) is 1.49. The minimum atomic E-state index is -1.00. The monoisotopic (exact) mass is 323 g/mol. The van der Waals surface area contributed by atoms with Crippen molar-refractivity contribution in [1.29, 1.82) is 0 Å². The van der Waals surface area contributed by atoms with Gasteiger partial charge in [0.25, 0.3) is 17.5 Å². The van der Waals surface area contributed by atoms with E-state index in [-0.39, 0.29) is 11.3 Å². The van der Waals surface area contributed by atoms with Crippen LogP contribution < -0.4 is 5.32 Å². The molecule has 0 aromatic heterocycles. The number of benzene rings is 1. The van der Waals surface area contributed by atoms with Crippen LogP contribution in [0.1, 0.15) is 17.3 Å². The van der Waals surface area contributed by atoms with Crippen LogP contribution in [0.25, 0.3) is 0 Å². The molecule has 1 aromatic carbocycles. The van der Waals surface area contributed by atoms with Gasteiger partial charge in [0, 0.05) is 31.8 Å². The van der Waals surface area contributed by atoms with Crippen molar-refractivity contribution < 1.29 is 24.0 Å². The number of carbonyl (C=O) groups is 3. The van der Waals surface area contributed by atoms with E-state index in [1.54, 1.807) is 0 Å². The number of hydrogen-bond donors (Lipinski definition) is 1. The zero-order chi connectivity index (χ0) is 17.6. The summed E-state index contributed by atoms with van der Waals surface area (Å²) >= 11 is 0. The van der Waals surface area contributed by atoms with Gasteiger partial charge >= 0.3 is 5.97 Å². The molecule has 0 bridgehead atoms. The first-order valence-corrected chi connectivity index (χ1v) is 6.64. The fraction of sp³-hybridized carbons (Fsp3) is 0.357. The predicted molar refractivity (Wildman–Crippen MR) is 79.7 cm³/mol. The summed E-state index contributed by atoms with van der Waals surface area (Å²) < 4.78 is 4.77. The number of nitro benzene ring substituents is 1. The Morgan fingerprint density at radius 1 is 1.35 bits per heavy atom. The minimum absolute atomic E-state index is 0.0446. The Hall–Kier alpha value is -2.97. The highest BCUT2D eigenvalue weighted by Gasteiger charge is 2.20. The van der Waals surface area contributed by atoms with Gasteiger partial charge in [0.1, 0.15) is 6.04 Å². The van der Waals surface area contributed by atoms with Crippen LogP contribution in [0.5, 0.6) is 0 Å². The van der Waals surface area contributed by atoms with Gasteiger partial charge in [-0.1, -0.05) is 6.07 Å². The Morgan fingerprint density at radius 2 is 2.00 bits per heavy atom. The molecule has 9 heteroatoms. The maximum atomic E-state index is 12.0. The Kier molecular flexibility index (Phi) is 6.19. The van der Waals surface area contributed by atoms with E-state index in [1.807, 2.05) is 0 Å². The summed E-state index contributed by atoms with van der Waals surface area (Å²) in [6.45, 7) is 0.959. The number of hydrogen-bond acceptors (Lipinski definition) is 6. The maximum Gasteiger partial charge on any atom is 0.328 e. The van der Waals surface area contributed by atoms with Gasteiger partial charge in [0.05, 0.1) is 4.92 Å². The molecule has 1 rings (SSSR count). The number of ether oxygens (including phenoxy) is 1. The summed E-state index contributed by atoms with van der Waals surface area (Å²) in [6, 6.07) is 4.10. The second-order valence-electron chi connectivity index (χ2n) is 4.90. The van der Waals surface area contributed by atoms with Crippen LogP contribution in [0, 0.1) is 10.1 Å². The number of non-ortho nitro benzene ring substituents is 1. The molecule has 9 nitrogen and oxygen atoms in total. The molecule has 0 aliphatic rings. The van der Waals surface area contributed by atoms with Crippen molar-refractivity contribution in [2.75, 3.05) is 20.7 Å². The molecular weight excluding hydrogens is 306 g/mol. The molecule has 124 valence electrons. The summed E-state index contributed by atoms with van der Waals surface area (Å²) in [7, 11) is 3.04. The Balaban J connectivity index is 2.62. The van der Waals surface area contributed by atoms with Crippen molar-refractivity contribution >= 4 is 23.5 Å². The van der Waals surface area contributed by atoms with E-state index in [9.17, 15) is 24.5 Å². The van der Waals surface area contributed by atoms with E-state index in [0.717, 1.165) is 6.07 Å². The van der Waals surface area contributed by atoms with Crippen LogP contribution in [0.3, 0.4) is 0 Å². The number of nitrogens with one attached hydrogen (secondary N) is 1. The summed E-state index contributed by atoms with van der Waals surface area (Å²) in [4.78, 5) is 46.3. The molecule has 0 saturated carbocycles. The number of nitrogens with zero attached hydrogens (tertiary/aromatic N) is 2. The second kappa shape index (κ2) is 7.87. The van der Waals surface area contributed by atoms with Gasteiger partial charge in [-0.15, -0.1) is 0 Å². The molecule has 1 aromatic rings. The summed E-state index contributed by atoms with van der Waals surface area (Å²) in [5.74, 6) is -1.83. The number of esters is 1. The normalized spacial score (nSPS) is 11.3. The van der Waals surface area contributed by atoms with Gasteiger partial charge in [0.15, 0.2) is 6.61 Å². The summed E-state index contributed by atoms with van der Waals surface area (Å²) in [5.41, 5.74) is -0.187. The van der Waals surface area contributed by atoms with Crippen molar-refractivity contribution in [1.82, 2.24) is 10.2 Å². The maximum absolute atomic E-state index is 12.0. The highest BCUT2D eigenvalue weighted by atomic mass is 16.6. The molecule has 0 saturated heterocycles. The number of carbonyl (C=O) groups excluding carboxylic acids is 3. The van der Waals surface area contributed by atoms with Crippen molar-refractivity contribution in [2.45, 2.75) is 13.0 Å². The quantitative estimate of drug-likeness (QED) is 0.458. The fourth-order valence-electron chi connectivity index (χ4n) is 1.49. The van der Waals surface area contributed by atoms with Crippen LogP contribution in [0.4, 0.5) is 5.69 Å². The van der Waals surface area contributed by atoms with E-state index in [2.05, 4.69) is 5.32 Å². The first-order valence-electron chi connectivity index (χ1n) is 6.64. The molecule has 1 atom stereocenters. The zero-order valence-electron chi connectivity index (χ0n) is 12.9. The van der Waals surface area contributed by atoms with Crippen molar-refractivity contribution in [2.24, 2.45) is 0 Å². The van der Waals surface area contributed by atoms with Crippen LogP contribution in [0.2, 0.25) is 0 Å². The molecule has 0 heterocycles. The first-order chi connectivity index (χ1) is 10.7. The van der Waals surface area contributed by atoms with E-state index in [1.165, 1.54) is 44.1 Å². The smallest absolute Gasteiger partial charge is 0.328 e. The van der Waals surface area contributed by atoms with Crippen molar-refractivity contribution in [3.8, 4) is 0 Å². The van der Waals surface area contributed by atoms with E-state index < -0.39 is 35.4 Å². The number of amides is 2. The lowest BCUT2D eigenvalue weighted by molar-refractivity contribution is -0.384. The molecule has 0 radical (unpaired) electrons. The lowest BCUT2D eigenvalue weighted by atomic mass is 10.2. The van der Waals surface area contributed by atoms with E-state index in [0.29, 0.717) is 0 Å². The van der Waals surface area contributed by atoms with Crippen molar-refractivity contribution in [3.05, 3.63) is 39.9 Å². The second-order valence-corrected chi connectivity index (χ2v) is 4.90. The predicted octanol–water partition coefficient (Wildman–Crippen LogP) is 0.345. The molecular formula is C14H17N3O6. The van der Waals surface area contributed by atoms with Gasteiger partial charge < -0.3 is 15.0 Å². The van der Waals surface area contributed by atoms with Gasteiger partial charge in [0.2, 0.25) is 0 Å². The van der Waals surface area contributed by atoms with Crippen LogP contribution in [-0.4, -0.2) is 54.4 Å². The molecule has 23 heavy (non-hydrogen) atoms. The SMILES string of the molecule is C[C@H](NC(=O)c1cccc([N+](=O)[O-])c1)C(=O)OCC(=O)N(C)C. The van der Waals surface area contributed by atoms with Gasteiger partial charge in [-0.05, 0) is 13.0 Å². The summed E-state index contributed by atoms with van der Waals surface area (Å²) in [6.07, 6.45) is 0. The Bertz CT molecular complexity index is 629. The number of nitro groups is 1.